The van der Waals surface area contributed by atoms with E-state index in [4.69, 9.17) is 0 Å². The maximum atomic E-state index is 12.4. The Balaban J connectivity index is 1.92. The average molecular weight is 383 g/mol. The Morgan fingerprint density at radius 3 is 2.15 bits per heavy atom. The summed E-state index contributed by atoms with van der Waals surface area (Å²) in [5.74, 6) is -0.0508. The molecule has 0 bridgehead atoms. The lowest BCUT2D eigenvalue weighted by atomic mass is 10.1. The van der Waals surface area contributed by atoms with Gasteiger partial charge in [-0.2, -0.15) is 0 Å². The maximum Gasteiger partial charge on any atom is 0.282 e. The third-order valence-electron chi connectivity index (χ3n) is 4.70. The van der Waals surface area contributed by atoms with Crippen molar-refractivity contribution >= 4 is 21.6 Å². The number of sulfonamides is 1. The van der Waals surface area contributed by atoms with Crippen molar-refractivity contribution in [1.29, 1.82) is 0 Å². The molecule has 0 unspecified atom stereocenters. The Bertz CT molecular complexity index is 678. The lowest BCUT2D eigenvalue weighted by molar-refractivity contribution is -0.707. The van der Waals surface area contributed by atoms with Gasteiger partial charge in [-0.15, -0.1) is 0 Å². The van der Waals surface area contributed by atoms with Gasteiger partial charge in [-0.05, 0) is 70.7 Å². The fraction of sp³-hybridized carbons (Fsp3) is 0.632. The molecule has 1 atom stereocenters. The van der Waals surface area contributed by atoms with Crippen LogP contribution in [0.3, 0.4) is 0 Å². The third-order valence-corrected chi connectivity index (χ3v) is 6.37. The van der Waals surface area contributed by atoms with Gasteiger partial charge in [-0.1, -0.05) is 12.8 Å². The number of hydrogen-bond donors (Lipinski definition) is 3. The second-order valence-corrected chi connectivity index (χ2v) is 9.24. The number of rotatable bonds is 7. The van der Waals surface area contributed by atoms with Crippen LogP contribution in [0.1, 0.15) is 59.3 Å². The number of hydrogen-bond acceptors (Lipinski definition) is 3. The molecule has 1 fully saturated rings. The number of benzene rings is 1. The first-order valence-electron chi connectivity index (χ1n) is 9.56. The van der Waals surface area contributed by atoms with E-state index in [0.29, 0.717) is 11.7 Å². The van der Waals surface area contributed by atoms with E-state index >= 15 is 0 Å². The van der Waals surface area contributed by atoms with Gasteiger partial charge in [0.25, 0.3) is 5.91 Å². The fourth-order valence-electron chi connectivity index (χ4n) is 3.35. The van der Waals surface area contributed by atoms with Gasteiger partial charge in [0, 0.05) is 11.7 Å². The van der Waals surface area contributed by atoms with Gasteiger partial charge in [-0.3, -0.25) is 4.79 Å². The first-order chi connectivity index (χ1) is 12.3. The van der Waals surface area contributed by atoms with E-state index in [-0.39, 0.29) is 22.9 Å². The van der Waals surface area contributed by atoms with Crippen LogP contribution in [-0.2, 0) is 14.8 Å². The molecule has 0 saturated heterocycles. The number of amides is 1. The van der Waals surface area contributed by atoms with Crippen molar-refractivity contribution in [2.24, 2.45) is 0 Å². The molecule has 1 aliphatic carbocycles. The summed E-state index contributed by atoms with van der Waals surface area (Å²) in [6.45, 7) is 5.47. The molecule has 1 aliphatic rings. The van der Waals surface area contributed by atoms with Crippen molar-refractivity contribution in [3.8, 4) is 0 Å². The number of carbonyl (C=O) groups is 1. The van der Waals surface area contributed by atoms with Crippen molar-refractivity contribution in [2.75, 3.05) is 5.32 Å². The SMILES string of the molecule is CC(C)NS(=O)(=O)c1ccc(NC(=O)[C@@H](C)[NH2+]C2CCCCCC2)cc1. The van der Waals surface area contributed by atoms with Crippen LogP contribution < -0.4 is 15.4 Å². The molecule has 4 N–H and O–H groups in total. The predicted octanol–water partition coefficient (Wildman–Crippen LogP) is 1.99. The van der Waals surface area contributed by atoms with E-state index in [0.717, 1.165) is 0 Å². The van der Waals surface area contributed by atoms with Gasteiger partial charge < -0.3 is 10.6 Å². The Hall–Kier alpha value is -1.44. The van der Waals surface area contributed by atoms with E-state index in [9.17, 15) is 13.2 Å². The monoisotopic (exact) mass is 382 g/mol. The molecule has 1 aromatic carbocycles. The molecule has 1 aromatic rings. The summed E-state index contributed by atoms with van der Waals surface area (Å²) in [5, 5.41) is 5.05. The number of anilines is 1. The third kappa shape index (κ3) is 6.37. The number of carbonyl (C=O) groups excluding carboxylic acids is 1. The highest BCUT2D eigenvalue weighted by molar-refractivity contribution is 7.89. The second-order valence-electron chi connectivity index (χ2n) is 7.52. The van der Waals surface area contributed by atoms with E-state index in [2.05, 4.69) is 15.4 Å². The highest BCUT2D eigenvalue weighted by atomic mass is 32.2. The summed E-state index contributed by atoms with van der Waals surface area (Å²) in [5.41, 5.74) is 0.611. The van der Waals surface area contributed by atoms with Crippen LogP contribution in [0, 0.1) is 0 Å². The lowest BCUT2D eigenvalue weighted by Gasteiger charge is -2.18. The van der Waals surface area contributed by atoms with Crippen LogP contribution in [-0.4, -0.2) is 32.5 Å². The topological polar surface area (TPSA) is 91.9 Å². The van der Waals surface area contributed by atoms with Crippen molar-refractivity contribution in [3.63, 3.8) is 0 Å². The van der Waals surface area contributed by atoms with Gasteiger partial charge in [0.15, 0.2) is 6.04 Å². The number of nitrogens with one attached hydrogen (secondary N) is 2. The van der Waals surface area contributed by atoms with Crippen molar-refractivity contribution in [3.05, 3.63) is 24.3 Å². The molecule has 2 rings (SSSR count). The molecule has 26 heavy (non-hydrogen) atoms. The summed E-state index contributed by atoms with van der Waals surface area (Å²) in [7, 11) is -3.51. The molecule has 7 heteroatoms. The molecular formula is C19H32N3O3S+. The standard InChI is InChI=1S/C19H31N3O3S/c1-14(2)22-26(24,25)18-12-10-17(11-13-18)21-19(23)15(3)20-16-8-6-4-5-7-9-16/h10-16,20,22H,4-9H2,1-3H3,(H,21,23)/p+1/t15-/m1/s1. The lowest BCUT2D eigenvalue weighted by Crippen LogP contribution is -2.96. The fourth-order valence-corrected chi connectivity index (χ4v) is 4.60. The molecule has 146 valence electrons. The zero-order valence-electron chi connectivity index (χ0n) is 16.0. The summed E-state index contributed by atoms with van der Waals surface area (Å²) in [6.07, 6.45) is 7.43. The number of quaternary nitrogens is 1. The zero-order chi connectivity index (χ0) is 19.2. The Kier molecular flexibility index (Phi) is 7.61. The molecule has 0 heterocycles. The molecule has 0 spiro atoms. The van der Waals surface area contributed by atoms with E-state index in [1.165, 1.54) is 50.7 Å². The summed E-state index contributed by atoms with van der Waals surface area (Å²) in [4.78, 5) is 12.6. The van der Waals surface area contributed by atoms with Crippen molar-refractivity contribution < 1.29 is 18.5 Å². The Morgan fingerprint density at radius 1 is 1.04 bits per heavy atom. The Morgan fingerprint density at radius 2 is 1.62 bits per heavy atom. The van der Waals surface area contributed by atoms with Crippen LogP contribution in [0.5, 0.6) is 0 Å². The van der Waals surface area contributed by atoms with E-state index < -0.39 is 10.0 Å². The van der Waals surface area contributed by atoms with Crippen LogP contribution in [0.4, 0.5) is 5.69 Å². The van der Waals surface area contributed by atoms with E-state index in [1.54, 1.807) is 26.0 Å². The molecule has 6 nitrogen and oxygen atoms in total. The van der Waals surface area contributed by atoms with Gasteiger partial charge in [0.2, 0.25) is 10.0 Å². The molecular weight excluding hydrogens is 350 g/mol. The highest BCUT2D eigenvalue weighted by Crippen LogP contribution is 2.16. The quantitative estimate of drug-likeness (QED) is 0.630. The maximum absolute atomic E-state index is 12.4. The van der Waals surface area contributed by atoms with Crippen LogP contribution in [0.15, 0.2) is 29.2 Å². The molecule has 0 aliphatic heterocycles. The largest absolute Gasteiger partial charge is 0.334 e. The Labute approximate surface area is 157 Å². The number of nitrogens with two attached hydrogens (primary N) is 1. The summed E-state index contributed by atoms with van der Waals surface area (Å²) in [6, 6.07) is 6.48. The first kappa shape index (κ1) is 20.9. The first-order valence-corrected chi connectivity index (χ1v) is 11.0. The molecule has 1 amide bonds. The minimum atomic E-state index is -3.51. The van der Waals surface area contributed by atoms with Gasteiger partial charge in [-0.25, -0.2) is 13.1 Å². The van der Waals surface area contributed by atoms with Gasteiger partial charge in [0.1, 0.15) is 0 Å². The van der Waals surface area contributed by atoms with Gasteiger partial charge in [0.05, 0.1) is 10.9 Å². The summed E-state index contributed by atoms with van der Waals surface area (Å²) < 4.78 is 26.8. The molecule has 0 radical (unpaired) electrons. The highest BCUT2D eigenvalue weighted by Gasteiger charge is 2.23. The smallest absolute Gasteiger partial charge is 0.282 e. The van der Waals surface area contributed by atoms with Crippen molar-refractivity contribution in [2.45, 2.75) is 82.3 Å². The van der Waals surface area contributed by atoms with Gasteiger partial charge >= 0.3 is 0 Å². The minimum Gasteiger partial charge on any atom is -0.334 e. The molecule has 0 aromatic heterocycles. The second kappa shape index (κ2) is 9.48. The van der Waals surface area contributed by atoms with Crippen LogP contribution >= 0.6 is 0 Å². The minimum absolute atomic E-state index is 0.0508. The van der Waals surface area contributed by atoms with Crippen LogP contribution in [0.2, 0.25) is 0 Å². The average Bonchev–Trinajstić information content (AvgIpc) is 2.82. The van der Waals surface area contributed by atoms with E-state index in [1.807, 2.05) is 6.92 Å². The normalized spacial score (nSPS) is 17.7. The zero-order valence-corrected chi connectivity index (χ0v) is 16.8. The predicted molar refractivity (Wildman–Crippen MR) is 103 cm³/mol. The summed E-state index contributed by atoms with van der Waals surface area (Å²) >= 11 is 0. The van der Waals surface area contributed by atoms with Crippen molar-refractivity contribution in [1.82, 2.24) is 4.72 Å². The molecule has 1 saturated carbocycles. The van der Waals surface area contributed by atoms with Crippen LogP contribution in [0.25, 0.3) is 0 Å².